The van der Waals surface area contributed by atoms with Gasteiger partial charge in [0.1, 0.15) is 22.3 Å². The van der Waals surface area contributed by atoms with E-state index in [1.807, 2.05) is 6.07 Å². The molecule has 296 valence electrons. The van der Waals surface area contributed by atoms with Gasteiger partial charge in [-0.1, -0.05) is 152 Å². The average molecular weight is 790 g/mol. The minimum atomic E-state index is -0.313. The Morgan fingerprint density at radius 1 is 0.426 bits per heavy atom. The molecule has 0 unspecified atom stereocenters. The van der Waals surface area contributed by atoms with Crippen LogP contribution in [0.25, 0.3) is 77.3 Å². The Morgan fingerprint density at radius 3 is 1.92 bits per heavy atom. The number of rotatable bonds is 4. The summed E-state index contributed by atoms with van der Waals surface area (Å²) >= 11 is 0. The third-order valence-electron chi connectivity index (χ3n) is 14.0. The molecule has 12 rings (SSSR count). The summed E-state index contributed by atoms with van der Waals surface area (Å²) in [6.07, 6.45) is 0. The number of nitrogens with zero attached hydrogens (tertiary/aromatic N) is 1. The molecule has 2 aliphatic carbocycles. The number of furan rings is 2. The molecule has 8 aromatic carbocycles. The number of hydrogen-bond acceptors (Lipinski definition) is 3. The largest absolute Gasteiger partial charge is 0.456 e. The average Bonchev–Trinajstić information content (AvgIpc) is 3.95. The molecule has 0 aliphatic heterocycles. The smallest absolute Gasteiger partial charge is 0.143 e. The van der Waals surface area contributed by atoms with Crippen molar-refractivity contribution in [2.75, 3.05) is 4.90 Å². The standard InChI is InChI=1S/C58H47NO2/c1-56(2,3)35-24-28-42-46-32-45-43-17-13-20-50(54(43)58(6,7)49(45)33-53(46)60-52(42)30-35)59(37-27-29-40-39-14-8-10-19-47(39)57(4,5)48(40)31-37)36-25-22-34(23-26-36)38-16-12-18-44-41-15-9-11-21-51(41)61-55(38)44/h8-33H,1-7H3. The molecule has 0 atom stereocenters. The highest BCUT2D eigenvalue weighted by Gasteiger charge is 2.41. The summed E-state index contributed by atoms with van der Waals surface area (Å²) in [5, 5.41) is 4.60. The number of hydrogen-bond donors (Lipinski definition) is 0. The van der Waals surface area contributed by atoms with Crippen LogP contribution in [0.1, 0.15) is 76.3 Å². The van der Waals surface area contributed by atoms with E-state index in [-0.39, 0.29) is 16.2 Å². The zero-order chi connectivity index (χ0) is 41.6. The fourth-order valence-electron chi connectivity index (χ4n) is 10.8. The summed E-state index contributed by atoms with van der Waals surface area (Å²) in [5.41, 5.74) is 20.7. The Bertz CT molecular complexity index is 3460. The topological polar surface area (TPSA) is 29.5 Å². The molecule has 0 saturated carbocycles. The first-order valence-electron chi connectivity index (χ1n) is 21.6. The van der Waals surface area contributed by atoms with Gasteiger partial charge in [-0.25, -0.2) is 0 Å². The lowest BCUT2D eigenvalue weighted by Crippen LogP contribution is -2.21. The second-order valence-electron chi connectivity index (χ2n) is 19.3. The van der Waals surface area contributed by atoms with Crippen LogP contribution < -0.4 is 4.90 Å². The van der Waals surface area contributed by atoms with Gasteiger partial charge < -0.3 is 13.7 Å². The zero-order valence-corrected chi connectivity index (χ0v) is 35.8. The monoisotopic (exact) mass is 789 g/mol. The number of para-hydroxylation sites is 2. The SMILES string of the molecule is CC(C)(C)c1ccc2c(c1)oc1cc3c(cc12)-c1cccc(N(c2ccc(-c4cccc5c4oc4ccccc45)cc2)c2ccc4c(c2)C(C)(C)c2ccccc2-4)c1C3(C)C. The summed E-state index contributed by atoms with van der Waals surface area (Å²) in [5.74, 6) is 0. The highest BCUT2D eigenvalue weighted by molar-refractivity contribution is 6.10. The third kappa shape index (κ3) is 5.10. The molecule has 0 fully saturated rings. The summed E-state index contributed by atoms with van der Waals surface area (Å²) in [7, 11) is 0. The van der Waals surface area contributed by atoms with E-state index in [2.05, 4.69) is 205 Å². The van der Waals surface area contributed by atoms with Gasteiger partial charge in [-0.3, -0.25) is 0 Å². The van der Waals surface area contributed by atoms with Crippen molar-refractivity contribution >= 4 is 60.9 Å². The number of benzene rings is 8. The third-order valence-corrected chi connectivity index (χ3v) is 14.0. The van der Waals surface area contributed by atoms with Crippen LogP contribution in [-0.4, -0.2) is 0 Å². The van der Waals surface area contributed by atoms with Gasteiger partial charge in [-0.15, -0.1) is 0 Å². The summed E-state index contributed by atoms with van der Waals surface area (Å²) in [6.45, 7) is 16.3. The minimum absolute atomic E-state index is 0.0413. The van der Waals surface area contributed by atoms with Crippen molar-refractivity contribution < 1.29 is 8.83 Å². The first kappa shape index (κ1) is 36.0. The van der Waals surface area contributed by atoms with Gasteiger partial charge in [-0.05, 0) is 116 Å². The molecule has 3 nitrogen and oxygen atoms in total. The van der Waals surface area contributed by atoms with Crippen molar-refractivity contribution in [2.45, 2.75) is 64.7 Å². The van der Waals surface area contributed by atoms with Crippen LogP contribution in [0.5, 0.6) is 0 Å². The summed E-state index contributed by atoms with van der Waals surface area (Å²) in [4.78, 5) is 2.49. The van der Waals surface area contributed by atoms with E-state index in [1.165, 1.54) is 55.8 Å². The maximum Gasteiger partial charge on any atom is 0.143 e. The van der Waals surface area contributed by atoms with E-state index in [0.29, 0.717) is 0 Å². The van der Waals surface area contributed by atoms with Crippen molar-refractivity contribution in [1.82, 2.24) is 0 Å². The first-order valence-corrected chi connectivity index (χ1v) is 21.6. The minimum Gasteiger partial charge on any atom is -0.456 e. The van der Waals surface area contributed by atoms with Crippen LogP contribution in [0.3, 0.4) is 0 Å². The molecule has 10 aromatic rings. The lowest BCUT2D eigenvalue weighted by molar-refractivity contribution is 0.587. The van der Waals surface area contributed by atoms with E-state index in [1.54, 1.807) is 0 Å². The van der Waals surface area contributed by atoms with Crippen molar-refractivity contribution in [2.24, 2.45) is 0 Å². The van der Waals surface area contributed by atoms with Crippen molar-refractivity contribution in [3.05, 3.63) is 186 Å². The number of anilines is 3. The quantitative estimate of drug-likeness (QED) is 0.178. The molecule has 0 N–H and O–H groups in total. The molecule has 0 saturated heterocycles. The molecule has 0 spiro atoms. The maximum absolute atomic E-state index is 6.69. The molecular weight excluding hydrogens is 743 g/mol. The van der Waals surface area contributed by atoms with Gasteiger partial charge in [0.25, 0.3) is 0 Å². The van der Waals surface area contributed by atoms with Gasteiger partial charge in [0.05, 0.1) is 5.69 Å². The van der Waals surface area contributed by atoms with Crippen LogP contribution in [0, 0.1) is 0 Å². The fourth-order valence-corrected chi connectivity index (χ4v) is 10.8. The van der Waals surface area contributed by atoms with E-state index >= 15 is 0 Å². The molecule has 2 aromatic heterocycles. The molecule has 0 bridgehead atoms. The van der Waals surface area contributed by atoms with Crippen LogP contribution in [0.15, 0.2) is 167 Å². The highest BCUT2D eigenvalue weighted by atomic mass is 16.3. The lowest BCUT2D eigenvalue weighted by atomic mass is 9.80. The predicted octanol–water partition coefficient (Wildman–Crippen LogP) is 16.5. The van der Waals surface area contributed by atoms with E-state index in [4.69, 9.17) is 8.83 Å². The van der Waals surface area contributed by atoms with Crippen LogP contribution in [-0.2, 0) is 16.2 Å². The maximum atomic E-state index is 6.69. The highest BCUT2D eigenvalue weighted by Crippen LogP contribution is 2.57. The Kier molecular flexibility index (Phi) is 7.31. The van der Waals surface area contributed by atoms with E-state index < -0.39 is 0 Å². The van der Waals surface area contributed by atoms with Gasteiger partial charge in [0.15, 0.2) is 0 Å². The first-order chi connectivity index (χ1) is 29.4. The second kappa shape index (κ2) is 12.4. The molecule has 0 amide bonds. The van der Waals surface area contributed by atoms with E-state index in [0.717, 1.165) is 66.4 Å². The Balaban J connectivity index is 1.04. The summed E-state index contributed by atoms with van der Waals surface area (Å²) in [6, 6.07) is 58.2. The van der Waals surface area contributed by atoms with Gasteiger partial charge in [0.2, 0.25) is 0 Å². The van der Waals surface area contributed by atoms with Crippen LogP contribution in [0.4, 0.5) is 17.1 Å². The van der Waals surface area contributed by atoms with Crippen molar-refractivity contribution in [1.29, 1.82) is 0 Å². The Morgan fingerprint density at radius 2 is 1.08 bits per heavy atom. The van der Waals surface area contributed by atoms with Crippen LogP contribution in [0.2, 0.25) is 0 Å². The molecule has 2 aliphatic rings. The molecule has 2 heterocycles. The normalized spacial score (nSPS) is 14.7. The fraction of sp³-hybridized carbons (Fsp3) is 0.172. The van der Waals surface area contributed by atoms with Gasteiger partial charge in [0, 0.05) is 49.3 Å². The van der Waals surface area contributed by atoms with E-state index in [9.17, 15) is 0 Å². The van der Waals surface area contributed by atoms with Gasteiger partial charge in [-0.2, -0.15) is 0 Å². The molecule has 61 heavy (non-hydrogen) atoms. The molecule has 0 radical (unpaired) electrons. The number of fused-ring (bicyclic) bond motifs is 12. The van der Waals surface area contributed by atoms with Crippen molar-refractivity contribution in [3.63, 3.8) is 0 Å². The molecular formula is C58H47NO2. The Hall–Kier alpha value is -6.84. The lowest BCUT2D eigenvalue weighted by Gasteiger charge is -2.33. The zero-order valence-electron chi connectivity index (χ0n) is 35.8. The van der Waals surface area contributed by atoms with Crippen molar-refractivity contribution in [3.8, 4) is 33.4 Å². The van der Waals surface area contributed by atoms with Gasteiger partial charge >= 0.3 is 0 Å². The summed E-state index contributed by atoms with van der Waals surface area (Å²) < 4.78 is 13.2. The van der Waals surface area contributed by atoms with Crippen LogP contribution >= 0.6 is 0 Å². The Labute approximate surface area is 356 Å². The predicted molar refractivity (Wildman–Crippen MR) is 255 cm³/mol. The second-order valence-corrected chi connectivity index (χ2v) is 19.3. The molecule has 3 heteroatoms.